The number of hydrogen-bond acceptors (Lipinski definition) is 2. The molecule has 0 aliphatic carbocycles. The molecule has 0 saturated heterocycles. The average Bonchev–Trinajstić information content (AvgIpc) is 2.98. The lowest BCUT2D eigenvalue weighted by molar-refractivity contribution is 0.760. The van der Waals surface area contributed by atoms with Gasteiger partial charge in [-0.3, -0.25) is 13.8 Å². The van der Waals surface area contributed by atoms with E-state index in [1.54, 1.807) is 23.0 Å². The number of imidazole rings is 1. The molecule has 0 aliphatic heterocycles. The lowest BCUT2D eigenvalue weighted by Gasteiger charge is -2.11. The molecule has 22 heavy (non-hydrogen) atoms. The van der Waals surface area contributed by atoms with E-state index >= 15 is 0 Å². The Kier molecular flexibility index (Phi) is 2.98. The Morgan fingerprint density at radius 3 is 2.86 bits per heavy atom. The highest BCUT2D eigenvalue weighted by Gasteiger charge is 2.08. The highest BCUT2D eigenvalue weighted by molar-refractivity contribution is 6.31. The summed E-state index contributed by atoms with van der Waals surface area (Å²) in [5, 5.41) is 2.82. The Bertz CT molecular complexity index is 1050. The summed E-state index contributed by atoms with van der Waals surface area (Å²) in [5.74, 6) is 0.622. The zero-order chi connectivity index (χ0) is 15.1. The fourth-order valence-electron chi connectivity index (χ4n) is 2.76. The lowest BCUT2D eigenvalue weighted by Crippen LogP contribution is -2.22. The minimum Gasteiger partial charge on any atom is -0.292 e. The number of aromatic nitrogens is 3. The third kappa shape index (κ3) is 2.09. The lowest BCUT2D eigenvalue weighted by atomic mass is 10.0. The predicted molar refractivity (Wildman–Crippen MR) is 87.5 cm³/mol. The summed E-state index contributed by atoms with van der Waals surface area (Å²) in [6.07, 6.45) is 5.22. The monoisotopic (exact) mass is 309 g/mol. The highest BCUT2D eigenvalue weighted by Crippen LogP contribution is 2.24. The maximum absolute atomic E-state index is 12.2. The van der Waals surface area contributed by atoms with Crippen LogP contribution in [0.2, 0.25) is 5.02 Å². The Hall–Kier alpha value is -2.59. The fourth-order valence-corrected chi connectivity index (χ4v) is 3.01. The van der Waals surface area contributed by atoms with Crippen molar-refractivity contribution in [2.24, 2.45) is 0 Å². The maximum Gasteiger partial charge on any atom is 0.255 e. The number of halogens is 1. The van der Waals surface area contributed by atoms with E-state index in [0.717, 1.165) is 16.3 Å². The van der Waals surface area contributed by atoms with E-state index in [-0.39, 0.29) is 5.56 Å². The molecule has 0 N–H and O–H groups in total. The summed E-state index contributed by atoms with van der Waals surface area (Å²) in [4.78, 5) is 16.5. The Labute approximate surface area is 131 Å². The minimum absolute atomic E-state index is 0.0808. The second kappa shape index (κ2) is 5.00. The van der Waals surface area contributed by atoms with Crippen LogP contribution in [0.1, 0.15) is 5.56 Å². The van der Waals surface area contributed by atoms with E-state index in [1.165, 1.54) is 0 Å². The molecule has 0 radical (unpaired) electrons. The van der Waals surface area contributed by atoms with E-state index in [2.05, 4.69) is 4.98 Å². The van der Waals surface area contributed by atoms with Crippen molar-refractivity contribution < 1.29 is 0 Å². The van der Waals surface area contributed by atoms with Gasteiger partial charge in [0, 0.05) is 29.7 Å². The third-order valence-corrected chi connectivity index (χ3v) is 3.99. The molecule has 2 heterocycles. The van der Waals surface area contributed by atoms with Gasteiger partial charge in [0.2, 0.25) is 5.78 Å². The standard InChI is InChI=1S/C17H12ClN3O/c18-14-9-12-3-1-2-4-15(12)13(10-14)11-21-16(22)5-7-20-8-6-19-17(20)21/h1-10H,11H2. The van der Waals surface area contributed by atoms with Crippen molar-refractivity contribution in [3.8, 4) is 0 Å². The second-order valence-corrected chi connectivity index (χ2v) is 5.60. The van der Waals surface area contributed by atoms with Gasteiger partial charge in [0.1, 0.15) is 0 Å². The van der Waals surface area contributed by atoms with E-state index in [1.807, 2.05) is 47.0 Å². The Balaban J connectivity index is 1.95. The summed E-state index contributed by atoms with van der Waals surface area (Å²) < 4.78 is 3.48. The van der Waals surface area contributed by atoms with Crippen LogP contribution in [0.25, 0.3) is 16.6 Å². The van der Waals surface area contributed by atoms with Crippen molar-refractivity contribution in [3.63, 3.8) is 0 Å². The predicted octanol–water partition coefficient (Wildman–Crippen LogP) is 3.35. The van der Waals surface area contributed by atoms with Gasteiger partial charge >= 0.3 is 0 Å². The number of rotatable bonds is 2. The molecule has 2 aromatic heterocycles. The van der Waals surface area contributed by atoms with Crippen LogP contribution in [0.15, 0.2) is 65.8 Å². The molecular formula is C17H12ClN3O. The van der Waals surface area contributed by atoms with Crippen molar-refractivity contribution in [2.75, 3.05) is 0 Å². The molecule has 0 bridgehead atoms. The molecule has 4 rings (SSSR count). The van der Waals surface area contributed by atoms with Crippen LogP contribution in [-0.4, -0.2) is 14.0 Å². The van der Waals surface area contributed by atoms with Gasteiger partial charge in [-0.2, -0.15) is 0 Å². The molecular weight excluding hydrogens is 298 g/mol. The molecule has 0 atom stereocenters. The van der Waals surface area contributed by atoms with Crippen molar-refractivity contribution in [1.29, 1.82) is 0 Å². The second-order valence-electron chi connectivity index (χ2n) is 5.16. The van der Waals surface area contributed by atoms with Crippen LogP contribution in [0, 0.1) is 0 Å². The normalized spacial score (nSPS) is 11.3. The molecule has 0 fully saturated rings. The van der Waals surface area contributed by atoms with E-state index < -0.39 is 0 Å². The first-order valence-electron chi connectivity index (χ1n) is 6.92. The van der Waals surface area contributed by atoms with Crippen molar-refractivity contribution in [3.05, 3.63) is 82.0 Å². The molecule has 4 aromatic rings. The number of benzene rings is 2. The van der Waals surface area contributed by atoms with Gasteiger partial charge in [-0.05, 0) is 28.5 Å². The summed E-state index contributed by atoms with van der Waals surface area (Å²) in [7, 11) is 0. The fraction of sp³-hybridized carbons (Fsp3) is 0.0588. The average molecular weight is 310 g/mol. The van der Waals surface area contributed by atoms with Gasteiger partial charge in [-0.1, -0.05) is 35.9 Å². The van der Waals surface area contributed by atoms with Crippen molar-refractivity contribution in [1.82, 2.24) is 14.0 Å². The zero-order valence-electron chi connectivity index (χ0n) is 11.6. The van der Waals surface area contributed by atoms with E-state index in [0.29, 0.717) is 17.3 Å². The molecule has 5 heteroatoms. The molecule has 2 aromatic carbocycles. The van der Waals surface area contributed by atoms with E-state index in [4.69, 9.17) is 11.6 Å². The van der Waals surface area contributed by atoms with Gasteiger partial charge in [0.05, 0.1) is 6.54 Å². The van der Waals surface area contributed by atoms with Crippen LogP contribution in [0.3, 0.4) is 0 Å². The third-order valence-electron chi connectivity index (χ3n) is 3.77. The molecule has 0 unspecified atom stereocenters. The van der Waals surface area contributed by atoms with Crippen LogP contribution >= 0.6 is 11.6 Å². The smallest absolute Gasteiger partial charge is 0.255 e. The van der Waals surface area contributed by atoms with Crippen LogP contribution < -0.4 is 5.56 Å². The van der Waals surface area contributed by atoms with Crippen LogP contribution in [-0.2, 0) is 6.54 Å². The quantitative estimate of drug-likeness (QED) is 0.569. The first kappa shape index (κ1) is 13.1. The molecule has 0 spiro atoms. The first-order chi connectivity index (χ1) is 10.7. The van der Waals surface area contributed by atoms with Crippen LogP contribution in [0.5, 0.6) is 0 Å². The minimum atomic E-state index is -0.0808. The van der Waals surface area contributed by atoms with Gasteiger partial charge in [0.15, 0.2) is 0 Å². The Morgan fingerprint density at radius 1 is 1.09 bits per heavy atom. The van der Waals surface area contributed by atoms with Gasteiger partial charge in [0.25, 0.3) is 5.56 Å². The molecule has 0 amide bonds. The number of hydrogen-bond donors (Lipinski definition) is 0. The summed E-state index contributed by atoms with van der Waals surface area (Å²) in [6.45, 7) is 0.432. The SMILES string of the molecule is O=c1ccn2ccnc2n1Cc1cc(Cl)cc2ccccc12. The molecule has 0 aliphatic rings. The summed E-state index contributed by atoms with van der Waals surface area (Å²) >= 11 is 6.22. The van der Waals surface area contributed by atoms with Gasteiger partial charge in [-0.15, -0.1) is 0 Å². The summed E-state index contributed by atoms with van der Waals surface area (Å²) in [5.41, 5.74) is 0.920. The number of fused-ring (bicyclic) bond motifs is 2. The first-order valence-corrected chi connectivity index (χ1v) is 7.30. The largest absolute Gasteiger partial charge is 0.292 e. The topological polar surface area (TPSA) is 39.3 Å². The zero-order valence-corrected chi connectivity index (χ0v) is 12.4. The van der Waals surface area contributed by atoms with Crippen molar-refractivity contribution in [2.45, 2.75) is 6.54 Å². The molecule has 108 valence electrons. The highest BCUT2D eigenvalue weighted by atomic mass is 35.5. The Morgan fingerprint density at radius 2 is 1.95 bits per heavy atom. The van der Waals surface area contributed by atoms with Crippen LogP contribution in [0.4, 0.5) is 0 Å². The summed E-state index contributed by atoms with van der Waals surface area (Å²) in [6, 6.07) is 13.4. The van der Waals surface area contributed by atoms with E-state index in [9.17, 15) is 4.79 Å². The van der Waals surface area contributed by atoms with Gasteiger partial charge < -0.3 is 0 Å². The van der Waals surface area contributed by atoms with Gasteiger partial charge in [-0.25, -0.2) is 4.98 Å². The molecule has 0 saturated carbocycles. The molecule has 4 nitrogen and oxygen atoms in total. The van der Waals surface area contributed by atoms with Crippen molar-refractivity contribution >= 4 is 28.2 Å². The maximum atomic E-state index is 12.2. The number of nitrogens with zero attached hydrogens (tertiary/aromatic N) is 3.